The summed E-state index contributed by atoms with van der Waals surface area (Å²) in [4.78, 5) is 19.7. The summed E-state index contributed by atoms with van der Waals surface area (Å²) in [5.41, 5.74) is 2.53. The molecule has 4 heteroatoms. The highest BCUT2D eigenvalue weighted by molar-refractivity contribution is 5.87. The van der Waals surface area contributed by atoms with Crippen molar-refractivity contribution in [1.29, 1.82) is 0 Å². The maximum atomic E-state index is 12.9. The molecule has 2 heterocycles. The van der Waals surface area contributed by atoms with Crippen molar-refractivity contribution in [3.63, 3.8) is 0 Å². The van der Waals surface area contributed by atoms with Crippen molar-refractivity contribution in [3.8, 4) is 0 Å². The molecule has 0 N–H and O–H groups in total. The minimum atomic E-state index is -0.246. The van der Waals surface area contributed by atoms with Gasteiger partial charge in [-0.15, -0.1) is 0 Å². The first-order valence-electron chi connectivity index (χ1n) is 9.40. The summed E-state index contributed by atoms with van der Waals surface area (Å²) in [7, 11) is 1.96. The second-order valence-electron chi connectivity index (χ2n) is 7.28. The van der Waals surface area contributed by atoms with Gasteiger partial charge in [-0.2, -0.15) is 0 Å². The Morgan fingerprint density at radius 2 is 1.58 bits per heavy atom. The molecule has 1 spiro atoms. The second-order valence-corrected chi connectivity index (χ2v) is 7.28. The Kier molecular flexibility index (Phi) is 5.26. The van der Waals surface area contributed by atoms with Crippen molar-refractivity contribution in [3.05, 3.63) is 35.4 Å². The highest BCUT2D eigenvalue weighted by atomic mass is 16.2. The quantitative estimate of drug-likeness (QED) is 0.848. The molecule has 1 aromatic carbocycles. The van der Waals surface area contributed by atoms with E-state index in [9.17, 15) is 4.79 Å². The van der Waals surface area contributed by atoms with Crippen LogP contribution in [0.2, 0.25) is 0 Å². The van der Waals surface area contributed by atoms with Crippen LogP contribution >= 0.6 is 0 Å². The van der Waals surface area contributed by atoms with Gasteiger partial charge in [0.25, 0.3) is 0 Å². The minimum Gasteiger partial charge on any atom is -0.343 e. The molecule has 0 atom stereocenters. The Hall–Kier alpha value is -1.39. The van der Waals surface area contributed by atoms with Crippen molar-refractivity contribution in [2.24, 2.45) is 0 Å². The van der Waals surface area contributed by atoms with Crippen molar-refractivity contribution in [1.82, 2.24) is 14.7 Å². The third-order valence-corrected chi connectivity index (χ3v) is 5.96. The first-order chi connectivity index (χ1) is 11.6. The van der Waals surface area contributed by atoms with Crippen LogP contribution in [0.5, 0.6) is 0 Å². The van der Waals surface area contributed by atoms with E-state index < -0.39 is 0 Å². The molecule has 0 unspecified atom stereocenters. The van der Waals surface area contributed by atoms with Gasteiger partial charge >= 0.3 is 0 Å². The van der Waals surface area contributed by atoms with Crippen molar-refractivity contribution < 1.29 is 4.79 Å². The van der Waals surface area contributed by atoms with E-state index in [-0.39, 0.29) is 5.54 Å². The zero-order chi connectivity index (χ0) is 17.2. The molecule has 0 saturated carbocycles. The van der Waals surface area contributed by atoms with Crippen LogP contribution in [0.1, 0.15) is 37.8 Å². The normalized spacial score (nSPS) is 22.3. The van der Waals surface area contributed by atoms with Gasteiger partial charge in [0, 0.05) is 39.8 Å². The number of aryl methyl sites for hydroxylation is 1. The standard InChI is InChI=1S/C20H31N3O/c1-4-17-6-8-18(9-7-17)16-22-12-10-20(11-13-22)19(24)21(3)14-15-23(20)5-2/h6-9H,4-5,10-16H2,1-3H3. The van der Waals surface area contributed by atoms with Crippen molar-refractivity contribution in [2.75, 3.05) is 39.8 Å². The maximum absolute atomic E-state index is 12.9. The molecular weight excluding hydrogens is 298 g/mol. The highest BCUT2D eigenvalue weighted by Crippen LogP contribution is 2.33. The van der Waals surface area contributed by atoms with E-state index in [1.54, 1.807) is 0 Å². The number of hydrogen-bond donors (Lipinski definition) is 0. The van der Waals surface area contributed by atoms with Crippen LogP contribution in [0.15, 0.2) is 24.3 Å². The summed E-state index contributed by atoms with van der Waals surface area (Å²) in [5, 5.41) is 0. The largest absolute Gasteiger partial charge is 0.343 e. The Morgan fingerprint density at radius 1 is 0.958 bits per heavy atom. The average Bonchev–Trinajstić information content (AvgIpc) is 2.62. The molecule has 2 aliphatic heterocycles. The van der Waals surface area contributed by atoms with Gasteiger partial charge in [-0.3, -0.25) is 14.6 Å². The van der Waals surface area contributed by atoms with E-state index in [1.165, 1.54) is 11.1 Å². The fourth-order valence-electron chi connectivity index (χ4n) is 4.29. The van der Waals surface area contributed by atoms with E-state index in [4.69, 9.17) is 0 Å². The maximum Gasteiger partial charge on any atom is 0.242 e. The van der Waals surface area contributed by atoms with E-state index in [2.05, 4.69) is 47.9 Å². The Bertz CT molecular complexity index is 561. The number of likely N-dealkylation sites (tertiary alicyclic amines) is 1. The molecule has 0 aromatic heterocycles. The van der Waals surface area contributed by atoms with Crippen LogP contribution in [0.25, 0.3) is 0 Å². The van der Waals surface area contributed by atoms with Gasteiger partial charge in [-0.05, 0) is 36.9 Å². The van der Waals surface area contributed by atoms with Gasteiger partial charge in [0.05, 0.1) is 0 Å². The lowest BCUT2D eigenvalue weighted by molar-refractivity contribution is -0.154. The summed E-state index contributed by atoms with van der Waals surface area (Å²) >= 11 is 0. The molecule has 1 aromatic rings. The van der Waals surface area contributed by atoms with Crippen LogP contribution in [-0.2, 0) is 17.8 Å². The molecule has 2 aliphatic rings. The fraction of sp³-hybridized carbons (Fsp3) is 0.650. The average molecular weight is 329 g/mol. The van der Waals surface area contributed by atoms with Gasteiger partial charge < -0.3 is 4.90 Å². The smallest absolute Gasteiger partial charge is 0.242 e. The van der Waals surface area contributed by atoms with Crippen LogP contribution in [0, 0.1) is 0 Å². The molecule has 2 saturated heterocycles. The number of hydrogen-bond acceptors (Lipinski definition) is 3. The number of likely N-dealkylation sites (N-methyl/N-ethyl adjacent to an activating group) is 2. The van der Waals surface area contributed by atoms with Gasteiger partial charge in [0.15, 0.2) is 0 Å². The van der Waals surface area contributed by atoms with Crippen LogP contribution < -0.4 is 0 Å². The summed E-state index contributed by atoms with van der Waals surface area (Å²) in [6.45, 7) is 10.2. The molecule has 1 amide bonds. The Morgan fingerprint density at radius 3 is 2.17 bits per heavy atom. The van der Waals surface area contributed by atoms with Crippen molar-refractivity contribution >= 4 is 5.91 Å². The second kappa shape index (κ2) is 7.24. The molecule has 0 bridgehead atoms. The molecule has 0 aliphatic carbocycles. The van der Waals surface area contributed by atoms with E-state index in [0.29, 0.717) is 5.91 Å². The number of amides is 1. The molecule has 24 heavy (non-hydrogen) atoms. The summed E-state index contributed by atoms with van der Waals surface area (Å²) in [6, 6.07) is 8.97. The number of piperidine rings is 1. The van der Waals surface area contributed by atoms with Gasteiger partial charge in [-0.1, -0.05) is 38.1 Å². The van der Waals surface area contributed by atoms with Crippen molar-refractivity contribution in [2.45, 2.75) is 45.2 Å². The third kappa shape index (κ3) is 3.22. The monoisotopic (exact) mass is 329 g/mol. The number of benzene rings is 1. The summed E-state index contributed by atoms with van der Waals surface area (Å²) < 4.78 is 0. The zero-order valence-corrected chi connectivity index (χ0v) is 15.4. The third-order valence-electron chi connectivity index (χ3n) is 5.96. The SMILES string of the molecule is CCc1ccc(CN2CCC3(CC2)C(=O)N(C)CCN3CC)cc1. The van der Waals surface area contributed by atoms with Crippen LogP contribution in [-0.4, -0.2) is 65.9 Å². The van der Waals surface area contributed by atoms with Crippen LogP contribution in [0.4, 0.5) is 0 Å². The molecule has 2 fully saturated rings. The van der Waals surface area contributed by atoms with Gasteiger partial charge in [0.1, 0.15) is 5.54 Å². The predicted molar refractivity (Wildman–Crippen MR) is 97.9 cm³/mol. The van der Waals surface area contributed by atoms with E-state index >= 15 is 0 Å². The minimum absolute atomic E-state index is 0.246. The van der Waals surface area contributed by atoms with Gasteiger partial charge in [-0.25, -0.2) is 0 Å². The number of piperazine rings is 1. The zero-order valence-electron chi connectivity index (χ0n) is 15.4. The molecule has 4 nitrogen and oxygen atoms in total. The fourth-order valence-corrected chi connectivity index (χ4v) is 4.29. The Balaban J connectivity index is 1.64. The van der Waals surface area contributed by atoms with Gasteiger partial charge in [0.2, 0.25) is 5.91 Å². The first-order valence-corrected chi connectivity index (χ1v) is 9.40. The van der Waals surface area contributed by atoms with E-state index in [1.807, 2.05) is 11.9 Å². The number of rotatable bonds is 4. The number of nitrogens with zero attached hydrogens (tertiary/aromatic N) is 3. The molecule has 0 radical (unpaired) electrons. The Labute approximate surface area is 146 Å². The molecule has 132 valence electrons. The van der Waals surface area contributed by atoms with Crippen LogP contribution in [0.3, 0.4) is 0 Å². The lowest BCUT2D eigenvalue weighted by atomic mass is 9.82. The molecular formula is C20H31N3O. The molecule has 3 rings (SSSR count). The number of carbonyl (C=O) groups is 1. The topological polar surface area (TPSA) is 26.8 Å². The lowest BCUT2D eigenvalue weighted by Gasteiger charge is -2.52. The number of carbonyl (C=O) groups excluding carboxylic acids is 1. The van der Waals surface area contributed by atoms with E-state index in [0.717, 1.165) is 58.5 Å². The lowest BCUT2D eigenvalue weighted by Crippen LogP contribution is -2.67. The predicted octanol–water partition coefficient (Wildman–Crippen LogP) is 2.38. The summed E-state index contributed by atoms with van der Waals surface area (Å²) in [6.07, 6.45) is 3.00. The first kappa shape index (κ1) is 17.4. The summed E-state index contributed by atoms with van der Waals surface area (Å²) in [5.74, 6) is 0.336. The highest BCUT2D eigenvalue weighted by Gasteiger charge is 2.49.